The fourth-order valence-corrected chi connectivity index (χ4v) is 2.58. The number of benzene rings is 1. The Bertz CT molecular complexity index is 680. The Hall–Kier alpha value is -2.34. The quantitative estimate of drug-likeness (QED) is 0.856. The molecule has 2 amide bonds. The molecule has 21 heavy (non-hydrogen) atoms. The molecule has 1 aromatic carbocycles. The van der Waals surface area contributed by atoms with Gasteiger partial charge in [0.1, 0.15) is 6.04 Å². The minimum atomic E-state index is -0.571. The number of aromatic nitrogens is 1. The predicted molar refractivity (Wildman–Crippen MR) is 78.0 cm³/mol. The highest BCUT2D eigenvalue weighted by atomic mass is 16.5. The van der Waals surface area contributed by atoms with E-state index in [4.69, 9.17) is 4.74 Å². The van der Waals surface area contributed by atoms with Crippen LogP contribution in [0.5, 0.6) is 0 Å². The Morgan fingerprint density at radius 2 is 2.24 bits per heavy atom. The standard InChI is InChI=1S/C15H17N3O3/c1-16-14(19)13-9-21-7-6-18(13)15(20)11-2-3-12-10(8-11)4-5-17-12/h2-5,8,13,17H,6-7,9H2,1H3,(H,16,19). The molecule has 0 radical (unpaired) electrons. The molecule has 2 N–H and O–H groups in total. The van der Waals surface area contributed by atoms with Crippen LogP contribution in [0.1, 0.15) is 10.4 Å². The average Bonchev–Trinajstić information content (AvgIpc) is 3.01. The fourth-order valence-electron chi connectivity index (χ4n) is 2.58. The number of carbonyl (C=O) groups excluding carboxylic acids is 2. The van der Waals surface area contributed by atoms with Crippen molar-refractivity contribution in [2.75, 3.05) is 26.8 Å². The van der Waals surface area contributed by atoms with Gasteiger partial charge in [-0.25, -0.2) is 0 Å². The molecule has 1 unspecified atom stereocenters. The second-order valence-corrected chi connectivity index (χ2v) is 4.98. The molecule has 1 saturated heterocycles. The van der Waals surface area contributed by atoms with Crippen molar-refractivity contribution in [3.63, 3.8) is 0 Å². The first-order valence-electron chi connectivity index (χ1n) is 6.88. The first-order valence-corrected chi connectivity index (χ1v) is 6.88. The van der Waals surface area contributed by atoms with Gasteiger partial charge in [0.05, 0.1) is 13.2 Å². The second kappa shape index (κ2) is 5.57. The number of nitrogens with zero attached hydrogens (tertiary/aromatic N) is 1. The zero-order chi connectivity index (χ0) is 14.8. The number of hydrogen-bond donors (Lipinski definition) is 2. The molecule has 1 fully saturated rings. The van der Waals surface area contributed by atoms with E-state index >= 15 is 0 Å². The SMILES string of the molecule is CNC(=O)C1COCCN1C(=O)c1ccc2[nH]ccc2c1. The van der Waals surface area contributed by atoms with Crippen molar-refractivity contribution in [3.8, 4) is 0 Å². The molecule has 6 nitrogen and oxygen atoms in total. The summed E-state index contributed by atoms with van der Waals surface area (Å²) in [6, 6.07) is 6.83. The number of rotatable bonds is 2. The van der Waals surface area contributed by atoms with Crippen LogP contribution in [0.4, 0.5) is 0 Å². The molecule has 0 aliphatic carbocycles. The van der Waals surface area contributed by atoms with Gasteiger partial charge in [0.25, 0.3) is 5.91 Å². The van der Waals surface area contributed by atoms with Crippen molar-refractivity contribution >= 4 is 22.7 Å². The van der Waals surface area contributed by atoms with Gasteiger partial charge < -0.3 is 19.9 Å². The Balaban J connectivity index is 1.89. The summed E-state index contributed by atoms with van der Waals surface area (Å²) in [4.78, 5) is 29.2. The van der Waals surface area contributed by atoms with Gasteiger partial charge in [0.2, 0.25) is 5.91 Å². The average molecular weight is 287 g/mol. The number of amides is 2. The number of aromatic amines is 1. The lowest BCUT2D eigenvalue weighted by molar-refractivity contribution is -0.130. The highest BCUT2D eigenvalue weighted by Crippen LogP contribution is 2.18. The zero-order valence-corrected chi connectivity index (χ0v) is 11.8. The van der Waals surface area contributed by atoms with Crippen molar-refractivity contribution in [2.45, 2.75) is 6.04 Å². The fraction of sp³-hybridized carbons (Fsp3) is 0.333. The van der Waals surface area contributed by atoms with Gasteiger partial charge >= 0.3 is 0 Å². The molecular weight excluding hydrogens is 270 g/mol. The van der Waals surface area contributed by atoms with Crippen LogP contribution in [0.15, 0.2) is 30.5 Å². The van der Waals surface area contributed by atoms with Crippen LogP contribution in [0.3, 0.4) is 0 Å². The molecule has 0 bridgehead atoms. The van der Waals surface area contributed by atoms with Crippen molar-refractivity contribution in [1.29, 1.82) is 0 Å². The largest absolute Gasteiger partial charge is 0.377 e. The lowest BCUT2D eigenvalue weighted by Gasteiger charge is -2.34. The number of likely N-dealkylation sites (N-methyl/N-ethyl adjacent to an activating group) is 1. The lowest BCUT2D eigenvalue weighted by atomic mass is 10.1. The summed E-state index contributed by atoms with van der Waals surface area (Å²) in [6.07, 6.45) is 1.83. The predicted octanol–water partition coefficient (Wildman–Crippen LogP) is 0.755. The Morgan fingerprint density at radius 3 is 3.05 bits per heavy atom. The highest BCUT2D eigenvalue weighted by molar-refractivity contribution is 6.00. The van der Waals surface area contributed by atoms with E-state index in [0.29, 0.717) is 18.7 Å². The van der Waals surface area contributed by atoms with Crippen molar-refractivity contribution in [3.05, 3.63) is 36.0 Å². The monoisotopic (exact) mass is 287 g/mol. The van der Waals surface area contributed by atoms with Gasteiger partial charge in [-0.2, -0.15) is 0 Å². The summed E-state index contributed by atoms with van der Waals surface area (Å²) in [5, 5.41) is 3.56. The van der Waals surface area contributed by atoms with Crippen LogP contribution >= 0.6 is 0 Å². The summed E-state index contributed by atoms with van der Waals surface area (Å²) >= 11 is 0. The second-order valence-electron chi connectivity index (χ2n) is 4.98. The van der Waals surface area contributed by atoms with Gasteiger partial charge in [-0.15, -0.1) is 0 Å². The number of nitrogens with one attached hydrogen (secondary N) is 2. The summed E-state index contributed by atoms with van der Waals surface area (Å²) in [5.41, 5.74) is 1.56. The van der Waals surface area contributed by atoms with E-state index < -0.39 is 6.04 Å². The van der Waals surface area contributed by atoms with Gasteiger partial charge in [0.15, 0.2) is 0 Å². The van der Waals surface area contributed by atoms with E-state index in [9.17, 15) is 9.59 Å². The number of morpholine rings is 1. The van der Waals surface area contributed by atoms with Gasteiger partial charge in [-0.3, -0.25) is 9.59 Å². The molecule has 0 saturated carbocycles. The topological polar surface area (TPSA) is 74.4 Å². The van der Waals surface area contributed by atoms with Crippen LogP contribution < -0.4 is 5.32 Å². The summed E-state index contributed by atoms with van der Waals surface area (Å²) < 4.78 is 5.32. The Morgan fingerprint density at radius 1 is 1.38 bits per heavy atom. The number of fused-ring (bicyclic) bond motifs is 1. The maximum Gasteiger partial charge on any atom is 0.254 e. The molecule has 1 aromatic heterocycles. The van der Waals surface area contributed by atoms with Crippen molar-refractivity contribution < 1.29 is 14.3 Å². The number of carbonyl (C=O) groups is 2. The lowest BCUT2D eigenvalue weighted by Crippen LogP contribution is -2.55. The highest BCUT2D eigenvalue weighted by Gasteiger charge is 2.32. The molecule has 6 heteroatoms. The molecule has 3 rings (SSSR count). The minimum absolute atomic E-state index is 0.144. The van der Waals surface area contributed by atoms with Crippen molar-refractivity contribution in [2.24, 2.45) is 0 Å². The van der Waals surface area contributed by atoms with E-state index in [-0.39, 0.29) is 18.4 Å². The molecule has 1 atom stereocenters. The Kier molecular flexibility index (Phi) is 3.62. The van der Waals surface area contributed by atoms with E-state index in [1.807, 2.05) is 24.4 Å². The third-order valence-electron chi connectivity index (χ3n) is 3.74. The van der Waals surface area contributed by atoms with E-state index in [1.165, 1.54) is 0 Å². The molecule has 2 heterocycles. The maximum atomic E-state index is 12.7. The first-order chi connectivity index (χ1) is 10.2. The summed E-state index contributed by atoms with van der Waals surface area (Å²) in [7, 11) is 1.56. The summed E-state index contributed by atoms with van der Waals surface area (Å²) in [6.45, 7) is 1.10. The zero-order valence-electron chi connectivity index (χ0n) is 11.8. The molecule has 110 valence electrons. The van der Waals surface area contributed by atoms with Crippen LogP contribution in [-0.2, 0) is 9.53 Å². The van der Waals surface area contributed by atoms with E-state index in [1.54, 1.807) is 18.0 Å². The molecular formula is C15H17N3O3. The normalized spacial score (nSPS) is 18.7. The van der Waals surface area contributed by atoms with Gasteiger partial charge in [-0.1, -0.05) is 0 Å². The van der Waals surface area contributed by atoms with Crippen LogP contribution in [0.2, 0.25) is 0 Å². The maximum absolute atomic E-state index is 12.7. The third kappa shape index (κ3) is 2.50. The molecule has 0 spiro atoms. The molecule has 2 aromatic rings. The molecule has 1 aliphatic rings. The number of H-pyrrole nitrogens is 1. The first kappa shape index (κ1) is 13.6. The van der Waals surface area contributed by atoms with E-state index in [2.05, 4.69) is 10.3 Å². The van der Waals surface area contributed by atoms with Crippen LogP contribution in [0.25, 0.3) is 10.9 Å². The van der Waals surface area contributed by atoms with Crippen LogP contribution in [0, 0.1) is 0 Å². The van der Waals surface area contributed by atoms with Crippen molar-refractivity contribution in [1.82, 2.24) is 15.2 Å². The smallest absolute Gasteiger partial charge is 0.254 e. The van der Waals surface area contributed by atoms with Gasteiger partial charge in [0, 0.05) is 36.3 Å². The number of ether oxygens (including phenoxy) is 1. The Labute approximate surface area is 122 Å². The third-order valence-corrected chi connectivity index (χ3v) is 3.74. The minimum Gasteiger partial charge on any atom is -0.377 e. The number of hydrogen-bond acceptors (Lipinski definition) is 3. The van der Waals surface area contributed by atoms with Gasteiger partial charge in [-0.05, 0) is 24.3 Å². The summed E-state index contributed by atoms with van der Waals surface area (Å²) in [5.74, 6) is -0.347. The van der Waals surface area contributed by atoms with E-state index in [0.717, 1.165) is 10.9 Å². The van der Waals surface area contributed by atoms with Crippen LogP contribution in [-0.4, -0.2) is 54.5 Å². The molecule has 1 aliphatic heterocycles.